The fourth-order valence-electron chi connectivity index (χ4n) is 1.81. The molecule has 120 valence electrons. The van der Waals surface area contributed by atoms with Crippen molar-refractivity contribution in [2.24, 2.45) is 4.99 Å². The van der Waals surface area contributed by atoms with E-state index >= 15 is 0 Å². The van der Waals surface area contributed by atoms with Crippen LogP contribution in [0.4, 0.5) is 0 Å². The van der Waals surface area contributed by atoms with E-state index in [1.54, 1.807) is 13.3 Å². The third-order valence-corrected chi connectivity index (χ3v) is 3.23. The van der Waals surface area contributed by atoms with E-state index in [9.17, 15) is 0 Å². The fraction of sp³-hybridized carbons (Fsp3) is 0.375. The maximum atomic E-state index is 5.51. The van der Waals surface area contributed by atoms with E-state index in [0.717, 1.165) is 23.6 Å². The molecule has 0 fully saturated rings. The van der Waals surface area contributed by atoms with Crippen LogP contribution in [0.1, 0.15) is 26.0 Å². The third-order valence-electron chi connectivity index (χ3n) is 3.23. The van der Waals surface area contributed by atoms with E-state index in [4.69, 9.17) is 4.42 Å². The van der Waals surface area contributed by atoms with Gasteiger partial charge in [0.15, 0.2) is 5.96 Å². The smallest absolute Gasteiger partial charge is 0.226 e. The lowest BCUT2D eigenvalue weighted by Crippen LogP contribution is -2.41. The molecule has 1 aromatic carbocycles. The summed E-state index contributed by atoms with van der Waals surface area (Å²) in [6, 6.07) is 10.2. The van der Waals surface area contributed by atoms with E-state index in [1.165, 1.54) is 0 Å². The predicted octanol–water partition coefficient (Wildman–Crippen LogP) is 3.42. The Kier molecular flexibility index (Phi) is 7.94. The highest BCUT2D eigenvalue weighted by atomic mass is 127. The van der Waals surface area contributed by atoms with Crippen LogP contribution < -0.4 is 10.6 Å². The first kappa shape index (κ1) is 18.5. The van der Waals surface area contributed by atoms with Crippen molar-refractivity contribution < 1.29 is 4.42 Å². The molecule has 22 heavy (non-hydrogen) atoms. The lowest BCUT2D eigenvalue weighted by molar-refractivity contribution is 0.571. The number of hydrogen-bond acceptors (Lipinski definition) is 3. The van der Waals surface area contributed by atoms with E-state index in [0.29, 0.717) is 18.5 Å². The maximum absolute atomic E-state index is 5.51. The van der Waals surface area contributed by atoms with Gasteiger partial charge in [-0.05, 0) is 25.5 Å². The molecule has 1 aromatic heterocycles. The largest absolute Gasteiger partial charge is 0.444 e. The fourth-order valence-corrected chi connectivity index (χ4v) is 1.81. The van der Waals surface area contributed by atoms with Gasteiger partial charge in [0, 0.05) is 18.7 Å². The van der Waals surface area contributed by atoms with Crippen LogP contribution in [0.25, 0.3) is 11.5 Å². The number of halogens is 1. The summed E-state index contributed by atoms with van der Waals surface area (Å²) in [6.07, 6.45) is 2.72. The summed E-state index contributed by atoms with van der Waals surface area (Å²) in [4.78, 5) is 8.67. The molecule has 0 amide bonds. The molecule has 0 saturated carbocycles. The van der Waals surface area contributed by atoms with Gasteiger partial charge in [0.2, 0.25) is 5.89 Å². The zero-order chi connectivity index (χ0) is 15.1. The van der Waals surface area contributed by atoms with E-state index in [2.05, 4.69) is 34.5 Å². The van der Waals surface area contributed by atoms with Gasteiger partial charge in [-0.2, -0.15) is 0 Å². The van der Waals surface area contributed by atoms with Gasteiger partial charge in [-0.15, -0.1) is 24.0 Å². The molecule has 2 rings (SSSR count). The van der Waals surface area contributed by atoms with Crippen LogP contribution in [0.2, 0.25) is 0 Å². The lowest BCUT2D eigenvalue weighted by atomic mass is 10.2. The monoisotopic (exact) mass is 414 g/mol. The Morgan fingerprint density at radius 1 is 1.32 bits per heavy atom. The number of hydrogen-bond donors (Lipinski definition) is 2. The first-order valence-corrected chi connectivity index (χ1v) is 7.20. The Morgan fingerprint density at radius 2 is 2.05 bits per heavy atom. The van der Waals surface area contributed by atoms with Crippen molar-refractivity contribution in [3.63, 3.8) is 0 Å². The molecular weight excluding hydrogens is 391 g/mol. The van der Waals surface area contributed by atoms with Crippen LogP contribution in [0.3, 0.4) is 0 Å². The Bertz CT molecular complexity index is 583. The van der Waals surface area contributed by atoms with Crippen molar-refractivity contribution in [2.45, 2.75) is 32.9 Å². The van der Waals surface area contributed by atoms with Crippen LogP contribution in [0.15, 0.2) is 46.0 Å². The Labute approximate surface area is 148 Å². The number of aliphatic imine (C=N–C) groups is 1. The lowest BCUT2D eigenvalue weighted by Gasteiger charge is -2.15. The second kappa shape index (κ2) is 9.45. The molecule has 0 aliphatic heterocycles. The third kappa shape index (κ3) is 5.32. The van der Waals surface area contributed by atoms with Crippen LogP contribution >= 0.6 is 24.0 Å². The van der Waals surface area contributed by atoms with E-state index < -0.39 is 0 Å². The standard InChI is InChI=1S/C16H22N4O.HI/c1-4-12(2)19-16(17-3)18-10-14-11-21-15(20-14)13-8-6-5-7-9-13;/h5-9,11-12H,4,10H2,1-3H3,(H2,17,18,19);1H. The Morgan fingerprint density at radius 3 is 2.68 bits per heavy atom. The van der Waals surface area contributed by atoms with Crippen molar-refractivity contribution in [1.29, 1.82) is 0 Å². The van der Waals surface area contributed by atoms with Crippen LogP contribution in [0, 0.1) is 0 Å². The minimum Gasteiger partial charge on any atom is -0.444 e. The van der Waals surface area contributed by atoms with Crippen LogP contribution in [-0.4, -0.2) is 24.0 Å². The number of guanidine groups is 1. The van der Waals surface area contributed by atoms with Crippen molar-refractivity contribution in [2.75, 3.05) is 7.05 Å². The van der Waals surface area contributed by atoms with Gasteiger partial charge in [0.25, 0.3) is 0 Å². The van der Waals surface area contributed by atoms with Crippen LogP contribution in [-0.2, 0) is 6.54 Å². The highest BCUT2D eigenvalue weighted by molar-refractivity contribution is 14.0. The molecule has 2 aromatic rings. The zero-order valence-corrected chi connectivity index (χ0v) is 15.5. The quantitative estimate of drug-likeness (QED) is 0.447. The van der Waals surface area contributed by atoms with Crippen LogP contribution in [0.5, 0.6) is 0 Å². The molecule has 2 N–H and O–H groups in total. The number of aromatic nitrogens is 1. The molecule has 0 radical (unpaired) electrons. The average molecular weight is 414 g/mol. The second-order valence-electron chi connectivity index (χ2n) is 4.89. The molecule has 5 nitrogen and oxygen atoms in total. The molecule has 0 aliphatic rings. The number of rotatable bonds is 5. The summed E-state index contributed by atoms with van der Waals surface area (Å²) >= 11 is 0. The molecule has 0 saturated heterocycles. The van der Waals surface area contributed by atoms with Gasteiger partial charge >= 0.3 is 0 Å². The van der Waals surface area contributed by atoms with Gasteiger partial charge in [0.05, 0.1) is 12.2 Å². The summed E-state index contributed by atoms with van der Waals surface area (Å²) < 4.78 is 5.51. The summed E-state index contributed by atoms with van der Waals surface area (Å²) in [5, 5.41) is 6.54. The first-order valence-electron chi connectivity index (χ1n) is 7.20. The summed E-state index contributed by atoms with van der Waals surface area (Å²) in [5.41, 5.74) is 1.83. The zero-order valence-electron chi connectivity index (χ0n) is 13.2. The average Bonchev–Trinajstić information content (AvgIpc) is 3.01. The number of oxazole rings is 1. The van der Waals surface area contributed by atoms with Crippen molar-refractivity contribution in [1.82, 2.24) is 15.6 Å². The molecule has 1 unspecified atom stereocenters. The van der Waals surface area contributed by atoms with Crippen molar-refractivity contribution in [3.05, 3.63) is 42.3 Å². The first-order chi connectivity index (χ1) is 10.2. The van der Waals surface area contributed by atoms with Gasteiger partial charge in [-0.1, -0.05) is 25.1 Å². The van der Waals surface area contributed by atoms with Gasteiger partial charge in [0.1, 0.15) is 6.26 Å². The normalized spacial score (nSPS) is 12.4. The van der Waals surface area contributed by atoms with Gasteiger partial charge in [-0.25, -0.2) is 4.98 Å². The number of nitrogens with one attached hydrogen (secondary N) is 2. The second-order valence-corrected chi connectivity index (χ2v) is 4.89. The minimum atomic E-state index is 0. The van der Waals surface area contributed by atoms with Gasteiger partial charge in [-0.3, -0.25) is 4.99 Å². The SMILES string of the molecule is CCC(C)NC(=NC)NCc1coc(-c2ccccc2)n1.I. The Hall–Kier alpha value is -1.57. The minimum absolute atomic E-state index is 0. The molecule has 0 spiro atoms. The molecule has 6 heteroatoms. The number of benzene rings is 1. The summed E-state index contributed by atoms with van der Waals surface area (Å²) in [6.45, 7) is 4.83. The Balaban J connectivity index is 0.00000242. The molecular formula is C16H23IN4O. The molecule has 1 atom stereocenters. The molecule has 0 bridgehead atoms. The molecule has 0 aliphatic carbocycles. The van der Waals surface area contributed by atoms with E-state index in [-0.39, 0.29) is 24.0 Å². The van der Waals surface area contributed by atoms with Gasteiger partial charge < -0.3 is 15.1 Å². The topological polar surface area (TPSA) is 62.5 Å². The highest BCUT2D eigenvalue weighted by Crippen LogP contribution is 2.17. The predicted molar refractivity (Wildman–Crippen MR) is 100 cm³/mol. The highest BCUT2D eigenvalue weighted by Gasteiger charge is 2.07. The summed E-state index contributed by atoms with van der Waals surface area (Å²) in [5.74, 6) is 1.41. The number of nitrogens with zero attached hydrogens (tertiary/aromatic N) is 2. The van der Waals surface area contributed by atoms with Crippen molar-refractivity contribution >= 4 is 29.9 Å². The molecule has 1 heterocycles. The van der Waals surface area contributed by atoms with Crippen molar-refractivity contribution in [3.8, 4) is 11.5 Å². The maximum Gasteiger partial charge on any atom is 0.226 e. The summed E-state index contributed by atoms with van der Waals surface area (Å²) in [7, 11) is 1.76. The van der Waals surface area contributed by atoms with E-state index in [1.807, 2.05) is 30.3 Å².